The largest absolute Gasteiger partial charge is 0.394 e. The van der Waals surface area contributed by atoms with Crippen LogP contribution >= 0.6 is 0 Å². The van der Waals surface area contributed by atoms with Crippen LogP contribution in [0.3, 0.4) is 0 Å². The minimum absolute atomic E-state index is 0.198. The Morgan fingerprint density at radius 3 is 0.974 bits per heavy atom. The van der Waals surface area contributed by atoms with E-state index in [1.54, 1.807) is 6.08 Å². The van der Waals surface area contributed by atoms with Crippen molar-refractivity contribution >= 4 is 5.91 Å². The van der Waals surface area contributed by atoms with Crippen molar-refractivity contribution in [3.63, 3.8) is 0 Å². The third-order valence-corrected chi connectivity index (χ3v) is 21.0. The number of unbranched alkanes of at least 4 members (excludes halogenated alkanes) is 28. The Balaban J connectivity index is 1.37. The lowest BCUT2D eigenvalue weighted by atomic mass is 9.96. The molecule has 19 nitrogen and oxygen atoms in total. The first-order valence-corrected chi connectivity index (χ1v) is 44.9. The SMILES string of the molecule is CC/C=C\C/C=C\C/C=C\C/C=C\C/C=C\C/C=C\C/C=C\C/C=C\C/C=C\C/C=C\C/C=C\CCCCCCCC(=O)NC(COC1OC(CO)C(OC2OC(CO)C(OC3OC(CO)C(O)C(O)C3O)C(O)C2O)C(O)C1O)C(O)/C=C/CC/C=C/CC/C=C/CCCCCCCCCCCCCCCCCCCCCCC. The minimum Gasteiger partial charge on any atom is -0.394 e. The maximum absolute atomic E-state index is 13.5. The van der Waals surface area contributed by atoms with Gasteiger partial charge in [-0.3, -0.25) is 4.79 Å². The van der Waals surface area contributed by atoms with Crippen LogP contribution in [-0.2, 0) is 33.2 Å². The lowest BCUT2D eigenvalue weighted by Crippen LogP contribution is -2.66. The van der Waals surface area contributed by atoms with Crippen molar-refractivity contribution in [1.82, 2.24) is 5.32 Å². The first-order valence-electron chi connectivity index (χ1n) is 44.9. The Morgan fingerprint density at radius 2 is 0.609 bits per heavy atom. The summed E-state index contributed by atoms with van der Waals surface area (Å²) in [5, 5.41) is 121. The highest BCUT2D eigenvalue weighted by Crippen LogP contribution is 2.33. The van der Waals surface area contributed by atoms with Crippen LogP contribution in [0, 0.1) is 0 Å². The fourth-order valence-corrected chi connectivity index (χ4v) is 13.9. The van der Waals surface area contributed by atoms with Crippen LogP contribution in [0.4, 0.5) is 0 Å². The van der Waals surface area contributed by atoms with E-state index in [1.807, 2.05) is 6.08 Å². The zero-order valence-electron chi connectivity index (χ0n) is 70.7. The Bertz CT molecular complexity index is 2750. The first kappa shape index (κ1) is 104. The van der Waals surface area contributed by atoms with Crippen molar-refractivity contribution in [3.05, 3.63) is 170 Å². The molecule has 0 radical (unpaired) electrons. The monoisotopic (exact) mass is 1610 g/mol. The normalized spacial score (nSPS) is 25.5. The van der Waals surface area contributed by atoms with Gasteiger partial charge >= 0.3 is 0 Å². The van der Waals surface area contributed by atoms with E-state index < -0.39 is 131 Å². The zero-order chi connectivity index (χ0) is 83.1. The van der Waals surface area contributed by atoms with Crippen molar-refractivity contribution in [1.29, 1.82) is 0 Å². The van der Waals surface area contributed by atoms with E-state index in [-0.39, 0.29) is 12.3 Å². The van der Waals surface area contributed by atoms with Gasteiger partial charge in [0.25, 0.3) is 0 Å². The van der Waals surface area contributed by atoms with Gasteiger partial charge in [-0.15, -0.1) is 0 Å². The van der Waals surface area contributed by atoms with Crippen molar-refractivity contribution in [2.45, 2.75) is 401 Å². The second kappa shape index (κ2) is 73.1. The Hall–Kier alpha value is -4.85. The quantitative estimate of drug-likeness (QED) is 0.0199. The summed E-state index contributed by atoms with van der Waals surface area (Å²) in [5.74, 6) is -0.313. The number of aliphatic hydroxyl groups is 11. The molecular formula is C96H159NO18. The average molecular weight is 1620 g/mol. The van der Waals surface area contributed by atoms with Gasteiger partial charge in [0.1, 0.15) is 73.2 Å². The summed E-state index contributed by atoms with van der Waals surface area (Å²) in [6, 6.07) is -1.02. The summed E-state index contributed by atoms with van der Waals surface area (Å²) in [6.07, 6.45) is 83.5. The molecule has 0 aromatic carbocycles. The molecule has 0 spiro atoms. The van der Waals surface area contributed by atoms with Gasteiger partial charge in [-0.05, 0) is 128 Å². The topological polar surface area (TPSA) is 307 Å². The molecule has 19 heteroatoms. The predicted octanol–water partition coefficient (Wildman–Crippen LogP) is 17.3. The molecule has 3 fully saturated rings. The van der Waals surface area contributed by atoms with E-state index in [9.17, 15) is 61.0 Å². The molecule has 0 saturated carbocycles. The van der Waals surface area contributed by atoms with Gasteiger partial charge in [0, 0.05) is 6.42 Å². The number of amides is 1. The van der Waals surface area contributed by atoms with Crippen LogP contribution < -0.4 is 5.32 Å². The number of carbonyl (C=O) groups is 1. The fourth-order valence-electron chi connectivity index (χ4n) is 13.9. The van der Waals surface area contributed by atoms with Crippen LogP contribution in [0.15, 0.2) is 170 Å². The summed E-state index contributed by atoms with van der Waals surface area (Å²) in [6.45, 7) is 1.59. The number of carbonyl (C=O) groups excluding carboxylic acids is 1. The van der Waals surface area contributed by atoms with Crippen molar-refractivity contribution < 1.29 is 89.4 Å². The molecule has 17 unspecified atom stereocenters. The maximum atomic E-state index is 13.5. The Kier molecular flexibility index (Phi) is 66.3. The molecule has 0 aromatic rings. The standard InChI is InChI=1S/C96H159NO18/c1-3-5-7-9-11-13-15-17-19-21-23-25-27-29-31-33-35-36-37-38-39-40-41-42-44-46-48-50-52-54-56-58-60-62-64-66-68-70-72-74-84(102)97-79(80(101)73-71-69-67-65-63-61-59-57-55-53-51-49-47-45-43-34-32-30-28-26-24-22-20-18-16-14-12-10-8-6-4-2)78-110-94-90(108)87(105)92(82(76-99)112-94)115-96-91(109)88(106)93(83(77-100)113-96)114-95-89(107)86(104)85(103)81(75-98)111-95/h5,7,11,13,17,19,23,25,29,31,35-36,38-39,41-42,46,48,52,54-55,57-58,60,63,65,71,73,79-83,85-96,98-101,103-109H,3-4,6,8-10,12,14-16,18,20-22,24,26-28,30,32-34,37,40,43-45,47,49-51,53,56,59,61-62,64,66-70,72,74-78H2,1-2H3,(H,97,102)/b7-5-,13-11-,19-17-,25-23-,31-29-,36-35-,39-38-,42-41-,48-46-,54-52-,57-55+,60-58-,65-63+,73-71+. The molecule has 3 saturated heterocycles. The summed E-state index contributed by atoms with van der Waals surface area (Å²) < 4.78 is 34.5. The van der Waals surface area contributed by atoms with Crippen LogP contribution in [0.2, 0.25) is 0 Å². The lowest BCUT2D eigenvalue weighted by molar-refractivity contribution is -0.379. The Labute approximate surface area is 694 Å². The molecular weight excluding hydrogens is 1460 g/mol. The van der Waals surface area contributed by atoms with Crippen LogP contribution in [0.1, 0.15) is 296 Å². The van der Waals surface area contributed by atoms with Crippen LogP contribution in [0.5, 0.6) is 0 Å². The molecule has 3 aliphatic rings. The van der Waals surface area contributed by atoms with Gasteiger partial charge in [0.15, 0.2) is 18.9 Å². The second-order valence-electron chi connectivity index (χ2n) is 31.0. The van der Waals surface area contributed by atoms with Crippen molar-refractivity contribution in [2.24, 2.45) is 0 Å². The van der Waals surface area contributed by atoms with Crippen molar-refractivity contribution in [2.75, 3.05) is 26.4 Å². The number of aliphatic hydroxyl groups excluding tert-OH is 11. The maximum Gasteiger partial charge on any atom is 0.220 e. The second-order valence-corrected chi connectivity index (χ2v) is 31.0. The number of hydrogen-bond donors (Lipinski definition) is 12. The van der Waals surface area contributed by atoms with E-state index >= 15 is 0 Å². The van der Waals surface area contributed by atoms with E-state index in [0.717, 1.165) is 128 Å². The first-order chi connectivity index (χ1) is 56.3. The molecule has 3 aliphatic heterocycles. The molecule has 656 valence electrons. The smallest absolute Gasteiger partial charge is 0.220 e. The van der Waals surface area contributed by atoms with Gasteiger partial charge in [0.2, 0.25) is 5.91 Å². The summed E-state index contributed by atoms with van der Waals surface area (Å²) in [5.41, 5.74) is 0. The molecule has 12 N–H and O–H groups in total. The van der Waals surface area contributed by atoms with Crippen LogP contribution in [0.25, 0.3) is 0 Å². The fraction of sp³-hybridized carbons (Fsp3) is 0.698. The third-order valence-electron chi connectivity index (χ3n) is 21.0. The highest BCUT2D eigenvalue weighted by Gasteiger charge is 2.54. The van der Waals surface area contributed by atoms with E-state index in [0.29, 0.717) is 12.8 Å². The predicted molar refractivity (Wildman–Crippen MR) is 465 cm³/mol. The third kappa shape index (κ3) is 51.4. The highest BCUT2D eigenvalue weighted by atomic mass is 16.8. The van der Waals surface area contributed by atoms with Gasteiger partial charge in [-0.1, -0.05) is 332 Å². The number of rotatable bonds is 70. The lowest BCUT2D eigenvalue weighted by Gasteiger charge is -2.48. The molecule has 115 heavy (non-hydrogen) atoms. The summed E-state index contributed by atoms with van der Waals surface area (Å²) in [7, 11) is 0. The van der Waals surface area contributed by atoms with E-state index in [2.05, 4.69) is 177 Å². The molecule has 0 aromatic heterocycles. The molecule has 3 rings (SSSR count). The molecule has 3 heterocycles. The molecule has 1 amide bonds. The Morgan fingerprint density at radius 1 is 0.322 bits per heavy atom. The summed E-state index contributed by atoms with van der Waals surface area (Å²) >= 11 is 0. The molecule has 0 bridgehead atoms. The number of allylic oxidation sites excluding steroid dienone is 27. The van der Waals surface area contributed by atoms with Crippen LogP contribution in [-0.4, -0.2) is 193 Å². The van der Waals surface area contributed by atoms with Gasteiger partial charge < -0.3 is 89.9 Å². The number of hydrogen-bond acceptors (Lipinski definition) is 18. The average Bonchev–Trinajstić information content (AvgIpc) is 0.779. The van der Waals surface area contributed by atoms with Gasteiger partial charge in [0.05, 0.1) is 38.6 Å². The number of ether oxygens (including phenoxy) is 6. The van der Waals surface area contributed by atoms with Crippen molar-refractivity contribution in [3.8, 4) is 0 Å². The number of nitrogens with one attached hydrogen (secondary N) is 1. The molecule has 0 aliphatic carbocycles. The van der Waals surface area contributed by atoms with Gasteiger partial charge in [-0.2, -0.15) is 0 Å². The zero-order valence-corrected chi connectivity index (χ0v) is 70.7. The molecule has 17 atom stereocenters. The summed E-state index contributed by atoms with van der Waals surface area (Å²) in [4.78, 5) is 13.5. The highest BCUT2D eigenvalue weighted by molar-refractivity contribution is 5.76. The van der Waals surface area contributed by atoms with E-state index in [1.165, 1.54) is 135 Å². The van der Waals surface area contributed by atoms with E-state index in [4.69, 9.17) is 28.4 Å². The minimum atomic E-state index is -1.99. The van der Waals surface area contributed by atoms with Gasteiger partial charge in [-0.25, -0.2) is 0 Å².